The Morgan fingerprint density at radius 1 is 0.906 bits per heavy atom. The Labute approximate surface area is 190 Å². The fraction of sp³-hybridized carbons (Fsp3) is 0.480. The van der Waals surface area contributed by atoms with Gasteiger partial charge in [0.05, 0.1) is 5.56 Å². The number of carbonyl (C=O) groups excluding carboxylic acids is 2. The van der Waals surface area contributed by atoms with Gasteiger partial charge in [0.1, 0.15) is 5.82 Å². The molecule has 2 fully saturated rings. The van der Waals surface area contributed by atoms with Crippen molar-refractivity contribution in [2.75, 3.05) is 31.1 Å². The number of pyridine rings is 1. The molecule has 1 aliphatic heterocycles. The fourth-order valence-corrected chi connectivity index (χ4v) is 4.89. The number of hydrazine groups is 1. The van der Waals surface area contributed by atoms with Crippen LogP contribution in [-0.4, -0.2) is 53.9 Å². The van der Waals surface area contributed by atoms with Crippen LogP contribution in [0.4, 0.5) is 5.82 Å². The van der Waals surface area contributed by atoms with Crippen molar-refractivity contribution in [2.24, 2.45) is 5.92 Å². The smallest absolute Gasteiger partial charge is 0.273 e. The first kappa shape index (κ1) is 22.3. The Hall–Kier alpha value is -2.93. The minimum Gasteiger partial charge on any atom is -0.353 e. The third-order valence-electron chi connectivity index (χ3n) is 6.88. The SMILES string of the molecule is CCC1CCC(N2CCN(c3ncccc3C(=O)NNC(=O)c3ccccc3)CC2)CC1. The summed E-state index contributed by atoms with van der Waals surface area (Å²) in [4.78, 5) is 34.3. The highest BCUT2D eigenvalue weighted by molar-refractivity contribution is 6.01. The van der Waals surface area contributed by atoms with Gasteiger partial charge in [-0.15, -0.1) is 0 Å². The largest absolute Gasteiger partial charge is 0.353 e. The number of piperazine rings is 1. The number of carbonyl (C=O) groups is 2. The van der Waals surface area contributed by atoms with Crippen LogP contribution in [0.5, 0.6) is 0 Å². The van der Waals surface area contributed by atoms with E-state index >= 15 is 0 Å². The van der Waals surface area contributed by atoms with Gasteiger partial charge in [-0.3, -0.25) is 25.3 Å². The zero-order chi connectivity index (χ0) is 22.3. The molecule has 1 aromatic carbocycles. The predicted molar refractivity (Wildman–Crippen MR) is 125 cm³/mol. The van der Waals surface area contributed by atoms with E-state index in [4.69, 9.17) is 0 Å². The third kappa shape index (κ3) is 5.27. The second-order valence-corrected chi connectivity index (χ2v) is 8.75. The van der Waals surface area contributed by atoms with Crippen molar-refractivity contribution < 1.29 is 9.59 Å². The highest BCUT2D eigenvalue weighted by atomic mass is 16.2. The molecule has 2 N–H and O–H groups in total. The van der Waals surface area contributed by atoms with Crippen LogP contribution < -0.4 is 15.8 Å². The Balaban J connectivity index is 1.33. The van der Waals surface area contributed by atoms with Crippen LogP contribution in [-0.2, 0) is 0 Å². The van der Waals surface area contributed by atoms with Crippen molar-refractivity contribution in [3.05, 3.63) is 59.8 Å². The summed E-state index contributed by atoms with van der Waals surface area (Å²) in [6.07, 6.45) is 8.32. The molecular formula is C25H33N5O2. The van der Waals surface area contributed by atoms with Gasteiger partial charge in [0.15, 0.2) is 0 Å². The van der Waals surface area contributed by atoms with E-state index in [0.29, 0.717) is 23.0 Å². The molecule has 0 unspecified atom stereocenters. The minimum absolute atomic E-state index is 0.351. The molecule has 1 aliphatic carbocycles. The van der Waals surface area contributed by atoms with Crippen LogP contribution in [0.2, 0.25) is 0 Å². The molecular weight excluding hydrogens is 402 g/mol. The van der Waals surface area contributed by atoms with Crippen LogP contribution >= 0.6 is 0 Å². The average Bonchev–Trinajstić information content (AvgIpc) is 2.87. The molecule has 1 aromatic heterocycles. The number of benzene rings is 1. The van der Waals surface area contributed by atoms with E-state index in [2.05, 4.69) is 32.6 Å². The second-order valence-electron chi connectivity index (χ2n) is 8.75. The predicted octanol–water partition coefficient (Wildman–Crippen LogP) is 3.25. The fourth-order valence-electron chi connectivity index (χ4n) is 4.89. The van der Waals surface area contributed by atoms with E-state index in [0.717, 1.165) is 32.1 Å². The van der Waals surface area contributed by atoms with Crippen molar-refractivity contribution in [3.63, 3.8) is 0 Å². The Morgan fingerprint density at radius 3 is 2.28 bits per heavy atom. The van der Waals surface area contributed by atoms with E-state index < -0.39 is 0 Å². The van der Waals surface area contributed by atoms with Gasteiger partial charge in [0, 0.05) is 44.0 Å². The van der Waals surface area contributed by atoms with Crippen LogP contribution in [0.3, 0.4) is 0 Å². The molecule has 2 amide bonds. The van der Waals surface area contributed by atoms with Crippen LogP contribution in [0.1, 0.15) is 59.7 Å². The van der Waals surface area contributed by atoms with E-state index in [9.17, 15) is 9.59 Å². The summed E-state index contributed by atoms with van der Waals surface area (Å²) in [5.74, 6) is 0.867. The van der Waals surface area contributed by atoms with E-state index in [-0.39, 0.29) is 11.8 Å². The number of anilines is 1. The van der Waals surface area contributed by atoms with Crippen molar-refractivity contribution in [1.82, 2.24) is 20.7 Å². The highest BCUT2D eigenvalue weighted by Crippen LogP contribution is 2.30. The number of aromatic nitrogens is 1. The van der Waals surface area contributed by atoms with Crippen LogP contribution in [0.15, 0.2) is 48.7 Å². The summed E-state index contributed by atoms with van der Waals surface area (Å²) >= 11 is 0. The first-order chi connectivity index (χ1) is 15.7. The van der Waals surface area contributed by atoms with Gasteiger partial charge in [0.25, 0.3) is 11.8 Å². The summed E-state index contributed by atoms with van der Waals surface area (Å²) in [7, 11) is 0. The molecule has 2 aliphatic rings. The molecule has 0 atom stereocenters. The molecule has 7 nitrogen and oxygen atoms in total. The number of nitrogens with zero attached hydrogens (tertiary/aromatic N) is 3. The third-order valence-corrected chi connectivity index (χ3v) is 6.88. The zero-order valence-electron chi connectivity index (χ0n) is 18.8. The Morgan fingerprint density at radius 2 is 1.59 bits per heavy atom. The number of nitrogens with one attached hydrogen (secondary N) is 2. The summed E-state index contributed by atoms with van der Waals surface area (Å²) in [6.45, 7) is 5.98. The lowest BCUT2D eigenvalue weighted by Crippen LogP contribution is -2.52. The standard InChI is InChI=1S/C25H33N5O2/c1-2-19-10-12-21(13-11-19)29-15-17-30(18-16-29)23-22(9-6-14-26-23)25(32)28-27-24(31)20-7-4-3-5-8-20/h3-9,14,19,21H,2,10-13,15-18H2,1H3,(H,27,31)(H,28,32). The number of rotatable bonds is 5. The first-order valence-corrected chi connectivity index (χ1v) is 11.8. The van der Waals surface area contributed by atoms with Gasteiger partial charge in [-0.25, -0.2) is 4.98 Å². The van der Waals surface area contributed by atoms with Crippen LogP contribution in [0, 0.1) is 5.92 Å². The van der Waals surface area contributed by atoms with Crippen LogP contribution in [0.25, 0.3) is 0 Å². The molecule has 2 heterocycles. The summed E-state index contributed by atoms with van der Waals surface area (Å²) in [5.41, 5.74) is 5.98. The van der Waals surface area contributed by atoms with Gasteiger partial charge in [-0.05, 0) is 55.9 Å². The first-order valence-electron chi connectivity index (χ1n) is 11.8. The number of hydrogen-bond acceptors (Lipinski definition) is 5. The molecule has 0 radical (unpaired) electrons. The van der Waals surface area contributed by atoms with Gasteiger partial charge in [0.2, 0.25) is 0 Å². The number of amides is 2. The lowest BCUT2D eigenvalue weighted by atomic mass is 9.84. The number of hydrogen-bond donors (Lipinski definition) is 2. The summed E-state index contributed by atoms with van der Waals surface area (Å²) in [5, 5.41) is 0. The maximum Gasteiger partial charge on any atom is 0.273 e. The van der Waals surface area contributed by atoms with E-state index in [1.165, 1.54) is 32.1 Å². The molecule has 32 heavy (non-hydrogen) atoms. The molecule has 2 aromatic rings. The lowest BCUT2D eigenvalue weighted by Gasteiger charge is -2.42. The maximum atomic E-state index is 12.8. The van der Waals surface area contributed by atoms with Crippen molar-refractivity contribution >= 4 is 17.6 Å². The van der Waals surface area contributed by atoms with Crippen molar-refractivity contribution in [3.8, 4) is 0 Å². The van der Waals surface area contributed by atoms with E-state index in [1.54, 1.807) is 42.6 Å². The van der Waals surface area contributed by atoms with Gasteiger partial charge < -0.3 is 4.90 Å². The molecule has 0 bridgehead atoms. The summed E-state index contributed by atoms with van der Waals surface area (Å²) in [6, 6.07) is 13.0. The average molecular weight is 436 g/mol. The second kappa shape index (κ2) is 10.6. The van der Waals surface area contributed by atoms with E-state index in [1.807, 2.05) is 6.07 Å². The normalized spacial score (nSPS) is 21.7. The minimum atomic E-state index is -0.363. The zero-order valence-corrected chi connectivity index (χ0v) is 18.8. The van der Waals surface area contributed by atoms with Crippen molar-refractivity contribution in [1.29, 1.82) is 0 Å². The molecule has 0 spiro atoms. The molecule has 1 saturated heterocycles. The highest BCUT2D eigenvalue weighted by Gasteiger charge is 2.29. The Kier molecular flexibility index (Phi) is 7.37. The summed E-state index contributed by atoms with van der Waals surface area (Å²) < 4.78 is 0. The molecule has 170 valence electrons. The van der Waals surface area contributed by atoms with Gasteiger partial charge >= 0.3 is 0 Å². The molecule has 1 saturated carbocycles. The van der Waals surface area contributed by atoms with Crippen molar-refractivity contribution in [2.45, 2.75) is 45.1 Å². The lowest BCUT2D eigenvalue weighted by molar-refractivity contribution is 0.0846. The van der Waals surface area contributed by atoms with Gasteiger partial charge in [-0.1, -0.05) is 31.5 Å². The van der Waals surface area contributed by atoms with Gasteiger partial charge in [-0.2, -0.15) is 0 Å². The quantitative estimate of drug-likeness (QED) is 0.705. The monoisotopic (exact) mass is 435 g/mol. The topological polar surface area (TPSA) is 77.6 Å². The maximum absolute atomic E-state index is 12.8. The molecule has 4 rings (SSSR count). The Bertz CT molecular complexity index is 904. The molecule has 7 heteroatoms.